The molecular weight excluding hydrogens is 362 g/mol. The van der Waals surface area contributed by atoms with Crippen molar-refractivity contribution in [3.8, 4) is 5.75 Å². The van der Waals surface area contributed by atoms with Crippen LogP contribution in [0.15, 0.2) is 66.0 Å². The van der Waals surface area contributed by atoms with Crippen LogP contribution in [-0.2, 0) is 9.53 Å². The molecule has 1 amide bonds. The van der Waals surface area contributed by atoms with Gasteiger partial charge >= 0.3 is 5.97 Å². The number of benzene rings is 2. The van der Waals surface area contributed by atoms with Crippen LogP contribution in [0.4, 0.5) is 5.69 Å². The molecule has 5 nitrogen and oxygen atoms in total. The zero-order chi connectivity index (χ0) is 19.2. The molecule has 0 bridgehead atoms. The van der Waals surface area contributed by atoms with Crippen LogP contribution in [0.2, 0.25) is 0 Å². The Morgan fingerprint density at radius 2 is 1.81 bits per heavy atom. The number of rotatable bonds is 6. The predicted octanol–water partition coefficient (Wildman–Crippen LogP) is 4.60. The molecule has 138 valence electrons. The van der Waals surface area contributed by atoms with Crippen molar-refractivity contribution in [2.45, 2.75) is 13.0 Å². The number of hydrogen-bond acceptors (Lipinski definition) is 5. The minimum atomic E-state index is -1.06. The van der Waals surface area contributed by atoms with Crippen LogP contribution >= 0.6 is 11.3 Å². The van der Waals surface area contributed by atoms with E-state index in [0.717, 1.165) is 5.56 Å². The fourth-order valence-electron chi connectivity index (χ4n) is 2.55. The van der Waals surface area contributed by atoms with E-state index in [0.29, 0.717) is 21.9 Å². The summed E-state index contributed by atoms with van der Waals surface area (Å²) in [6.07, 6.45) is -1.06. The quantitative estimate of drug-likeness (QED) is 0.634. The molecule has 1 N–H and O–H groups in total. The maximum Gasteiger partial charge on any atom is 0.349 e. The van der Waals surface area contributed by atoms with Gasteiger partial charge in [-0.15, -0.1) is 11.3 Å². The number of aryl methyl sites for hydroxylation is 1. The van der Waals surface area contributed by atoms with E-state index in [1.807, 2.05) is 24.4 Å². The van der Waals surface area contributed by atoms with Crippen LogP contribution in [-0.4, -0.2) is 19.0 Å². The van der Waals surface area contributed by atoms with Crippen molar-refractivity contribution in [3.63, 3.8) is 0 Å². The molecule has 1 heterocycles. The average Bonchev–Trinajstić information content (AvgIpc) is 3.12. The van der Waals surface area contributed by atoms with E-state index in [9.17, 15) is 9.59 Å². The minimum Gasteiger partial charge on any atom is -0.497 e. The second-order valence-corrected chi connectivity index (χ2v) is 6.77. The average molecular weight is 381 g/mol. The topological polar surface area (TPSA) is 64.6 Å². The Balaban J connectivity index is 1.84. The largest absolute Gasteiger partial charge is 0.497 e. The van der Waals surface area contributed by atoms with Crippen molar-refractivity contribution in [1.29, 1.82) is 0 Å². The van der Waals surface area contributed by atoms with E-state index in [-0.39, 0.29) is 0 Å². The number of hydrogen-bond donors (Lipinski definition) is 1. The van der Waals surface area contributed by atoms with Gasteiger partial charge in [0.25, 0.3) is 5.91 Å². The molecule has 0 saturated heterocycles. The molecule has 0 fully saturated rings. The first-order chi connectivity index (χ1) is 13.1. The third-order valence-corrected chi connectivity index (χ3v) is 4.95. The molecule has 0 saturated carbocycles. The van der Waals surface area contributed by atoms with E-state index in [1.165, 1.54) is 11.3 Å². The number of anilines is 1. The van der Waals surface area contributed by atoms with Crippen LogP contribution in [0, 0.1) is 6.92 Å². The molecule has 0 aliphatic rings. The summed E-state index contributed by atoms with van der Waals surface area (Å²) in [6.45, 7) is 1.83. The highest BCUT2D eigenvalue weighted by atomic mass is 32.1. The van der Waals surface area contributed by atoms with E-state index >= 15 is 0 Å². The normalized spacial score (nSPS) is 11.5. The minimum absolute atomic E-state index is 0.433. The summed E-state index contributed by atoms with van der Waals surface area (Å²) in [5.74, 6) is -0.329. The SMILES string of the molecule is COc1cccc(NC(=O)[C@@H](OC(=O)c2sccc2C)c2ccccc2)c1. The molecular formula is C21H19NO4S. The van der Waals surface area contributed by atoms with Gasteiger partial charge in [-0.2, -0.15) is 0 Å². The summed E-state index contributed by atoms with van der Waals surface area (Å²) in [7, 11) is 1.55. The lowest BCUT2D eigenvalue weighted by Crippen LogP contribution is -2.25. The van der Waals surface area contributed by atoms with Crippen molar-refractivity contribution in [2.24, 2.45) is 0 Å². The standard InChI is InChI=1S/C21H19NO4S/c1-14-11-12-27-19(14)21(24)26-18(15-7-4-3-5-8-15)20(23)22-16-9-6-10-17(13-16)25-2/h3-13,18H,1-2H3,(H,22,23)/t18-/m0/s1. The van der Waals surface area contributed by atoms with Gasteiger partial charge in [0.05, 0.1) is 7.11 Å². The Morgan fingerprint density at radius 3 is 2.48 bits per heavy atom. The van der Waals surface area contributed by atoms with Gasteiger partial charge < -0.3 is 14.8 Å². The number of esters is 1. The third-order valence-electron chi connectivity index (χ3n) is 3.95. The van der Waals surface area contributed by atoms with Crippen LogP contribution in [0.3, 0.4) is 0 Å². The molecule has 6 heteroatoms. The summed E-state index contributed by atoms with van der Waals surface area (Å²) in [5.41, 5.74) is 1.98. The smallest absolute Gasteiger partial charge is 0.349 e. The van der Waals surface area contributed by atoms with Crippen molar-refractivity contribution in [2.75, 3.05) is 12.4 Å². The summed E-state index contributed by atoms with van der Waals surface area (Å²) in [4.78, 5) is 25.9. The highest BCUT2D eigenvalue weighted by molar-refractivity contribution is 7.12. The van der Waals surface area contributed by atoms with E-state index < -0.39 is 18.0 Å². The number of ether oxygens (including phenoxy) is 2. The lowest BCUT2D eigenvalue weighted by atomic mass is 10.1. The summed E-state index contributed by atoms with van der Waals surface area (Å²) >= 11 is 1.29. The summed E-state index contributed by atoms with van der Waals surface area (Å²) in [6, 6.07) is 17.8. The van der Waals surface area contributed by atoms with E-state index in [1.54, 1.807) is 55.6 Å². The fourth-order valence-corrected chi connectivity index (χ4v) is 3.36. The van der Waals surface area contributed by atoms with Gasteiger partial charge in [0.1, 0.15) is 10.6 Å². The summed E-state index contributed by atoms with van der Waals surface area (Å²) in [5, 5.41) is 4.61. The predicted molar refractivity (Wildman–Crippen MR) is 105 cm³/mol. The highest BCUT2D eigenvalue weighted by Crippen LogP contribution is 2.25. The molecule has 0 spiro atoms. The summed E-state index contributed by atoms with van der Waals surface area (Å²) < 4.78 is 10.8. The monoisotopic (exact) mass is 381 g/mol. The Bertz CT molecular complexity index is 936. The Kier molecular flexibility index (Phi) is 5.88. The molecule has 0 unspecified atom stereocenters. The van der Waals surface area contributed by atoms with Crippen molar-refractivity contribution in [1.82, 2.24) is 0 Å². The maximum absolute atomic E-state index is 12.9. The number of carbonyl (C=O) groups is 2. The number of nitrogens with one attached hydrogen (secondary N) is 1. The molecule has 0 aliphatic carbocycles. The van der Waals surface area contributed by atoms with Gasteiger partial charge in [0.15, 0.2) is 0 Å². The molecule has 3 rings (SSSR count). The first-order valence-electron chi connectivity index (χ1n) is 8.33. The van der Waals surface area contributed by atoms with Crippen molar-refractivity contribution < 1.29 is 19.1 Å². The van der Waals surface area contributed by atoms with Gasteiger partial charge in [-0.3, -0.25) is 4.79 Å². The maximum atomic E-state index is 12.9. The Hall–Kier alpha value is -3.12. The first-order valence-corrected chi connectivity index (χ1v) is 9.21. The number of thiophene rings is 1. The zero-order valence-electron chi connectivity index (χ0n) is 15.0. The third kappa shape index (κ3) is 4.54. The van der Waals surface area contributed by atoms with Gasteiger partial charge in [0, 0.05) is 17.3 Å². The second-order valence-electron chi connectivity index (χ2n) is 5.85. The molecule has 0 aliphatic heterocycles. The van der Waals surface area contributed by atoms with Crippen molar-refractivity contribution >= 4 is 28.9 Å². The van der Waals surface area contributed by atoms with Crippen LogP contribution < -0.4 is 10.1 Å². The van der Waals surface area contributed by atoms with E-state index in [4.69, 9.17) is 9.47 Å². The Labute approximate surface area is 161 Å². The van der Waals surface area contributed by atoms with Gasteiger partial charge in [-0.25, -0.2) is 4.79 Å². The molecule has 0 radical (unpaired) electrons. The zero-order valence-corrected chi connectivity index (χ0v) is 15.8. The Morgan fingerprint density at radius 1 is 1.04 bits per heavy atom. The number of amides is 1. The fraction of sp³-hybridized carbons (Fsp3) is 0.143. The van der Waals surface area contributed by atoms with Crippen molar-refractivity contribution in [3.05, 3.63) is 82.0 Å². The van der Waals surface area contributed by atoms with Gasteiger partial charge in [-0.05, 0) is 36.1 Å². The molecule has 1 atom stereocenters. The van der Waals surface area contributed by atoms with Gasteiger partial charge in [-0.1, -0.05) is 36.4 Å². The first kappa shape index (κ1) is 18.7. The molecule has 1 aromatic heterocycles. The van der Waals surface area contributed by atoms with E-state index in [2.05, 4.69) is 5.32 Å². The number of methoxy groups -OCH3 is 1. The van der Waals surface area contributed by atoms with Crippen LogP contribution in [0.25, 0.3) is 0 Å². The van der Waals surface area contributed by atoms with Gasteiger partial charge in [0.2, 0.25) is 6.10 Å². The number of carbonyl (C=O) groups excluding carboxylic acids is 2. The lowest BCUT2D eigenvalue weighted by Gasteiger charge is -2.18. The molecule has 3 aromatic rings. The molecule has 27 heavy (non-hydrogen) atoms. The molecule has 2 aromatic carbocycles. The van der Waals surface area contributed by atoms with Crippen LogP contribution in [0.5, 0.6) is 5.75 Å². The lowest BCUT2D eigenvalue weighted by molar-refractivity contribution is -0.125. The van der Waals surface area contributed by atoms with Crippen LogP contribution in [0.1, 0.15) is 26.9 Å². The highest BCUT2D eigenvalue weighted by Gasteiger charge is 2.27. The second kappa shape index (κ2) is 8.51.